The SMILES string of the molecule is C=C[C@H]1C[C@@]1(CC(=O)C1C[C@@H]2CN1C(=O)[C@H](C(C)(C)C)NC(=O)OCC(C)(C)CCCCOc1cccc3c1CN(C3)C(=O)O2)C(=O)NS(=O)(=O)C1CC1. The second kappa shape index (κ2) is 14.8. The van der Waals surface area contributed by atoms with Gasteiger partial charge in [0.1, 0.15) is 17.9 Å². The minimum atomic E-state index is -3.88. The van der Waals surface area contributed by atoms with E-state index in [-0.39, 0.29) is 44.4 Å². The summed E-state index contributed by atoms with van der Waals surface area (Å²) < 4.78 is 45.4. The number of sulfonamides is 1. The molecule has 2 N–H and O–H groups in total. The molecular weight excluding hydrogens is 717 g/mol. The summed E-state index contributed by atoms with van der Waals surface area (Å²) >= 11 is 0. The monoisotopic (exact) mass is 770 g/mol. The van der Waals surface area contributed by atoms with Crippen molar-refractivity contribution in [3.63, 3.8) is 0 Å². The second-order valence-corrected chi connectivity index (χ2v) is 19.5. The lowest BCUT2D eigenvalue weighted by Gasteiger charge is -2.35. The molecule has 15 heteroatoms. The first kappa shape index (κ1) is 39.6. The van der Waals surface area contributed by atoms with Crippen LogP contribution < -0.4 is 14.8 Å². The summed E-state index contributed by atoms with van der Waals surface area (Å²) in [4.78, 5) is 72.2. The molecular formula is C39H54N4O10S. The topological polar surface area (TPSA) is 178 Å². The number of rotatable bonds is 7. The van der Waals surface area contributed by atoms with E-state index < -0.39 is 80.0 Å². The summed E-state index contributed by atoms with van der Waals surface area (Å²) in [6.45, 7) is 14.2. The molecule has 6 rings (SSSR count). The number of ether oxygens (including phenoxy) is 3. The van der Waals surface area contributed by atoms with E-state index >= 15 is 0 Å². The standard InChI is InChI=1S/C39H54N4O10S/c1-7-25-18-39(25,34(46)41-54(49,50)27-13-14-27)19-30(44)29-17-26-21-43(29)33(45)32(37(2,3)4)40-35(47)52-23-38(5,6)15-8-9-16-51-31-12-10-11-24-20-42(22-28(24)31)36(48)53-26/h7,10-12,25-27,29,32H,1,8-9,13-23H2,2-6H3,(H,40,47)(H,41,46)/t25-,26+,29?,32+,39-/m0/s1. The number of cyclic esters (lactones) is 1. The molecule has 1 aromatic rings. The minimum absolute atomic E-state index is 0.0439. The Bertz CT molecular complexity index is 1800. The van der Waals surface area contributed by atoms with Crippen molar-refractivity contribution in [3.05, 3.63) is 42.0 Å². The first-order valence-electron chi connectivity index (χ1n) is 19.0. The molecule has 296 valence electrons. The normalized spacial score (nSPS) is 29.2. The van der Waals surface area contributed by atoms with Crippen molar-refractivity contribution in [1.82, 2.24) is 19.8 Å². The van der Waals surface area contributed by atoms with Gasteiger partial charge in [0.15, 0.2) is 5.78 Å². The van der Waals surface area contributed by atoms with E-state index in [1.807, 2.05) is 32.0 Å². The molecule has 5 aliphatic rings. The van der Waals surface area contributed by atoms with Gasteiger partial charge in [0, 0.05) is 24.9 Å². The van der Waals surface area contributed by atoms with Gasteiger partial charge in [0.25, 0.3) is 0 Å². The number of alkyl carbamates (subject to hydrolysis) is 1. The van der Waals surface area contributed by atoms with Crippen molar-refractivity contribution in [2.24, 2.45) is 22.2 Å². The van der Waals surface area contributed by atoms with Crippen LogP contribution in [0.15, 0.2) is 30.9 Å². The molecule has 0 aromatic heterocycles. The van der Waals surface area contributed by atoms with Crippen LogP contribution in [-0.2, 0) is 47.0 Å². The van der Waals surface area contributed by atoms with E-state index in [4.69, 9.17) is 14.2 Å². The highest BCUT2D eigenvalue weighted by atomic mass is 32.2. The fourth-order valence-electron chi connectivity index (χ4n) is 7.81. The van der Waals surface area contributed by atoms with E-state index in [2.05, 4.69) is 16.6 Å². The maximum absolute atomic E-state index is 14.5. The third kappa shape index (κ3) is 8.55. The van der Waals surface area contributed by atoms with E-state index in [1.165, 1.54) is 4.90 Å². The van der Waals surface area contributed by atoms with Gasteiger partial charge in [-0.2, -0.15) is 0 Å². The lowest BCUT2D eigenvalue weighted by atomic mass is 9.85. The molecule has 5 atom stereocenters. The zero-order valence-electron chi connectivity index (χ0n) is 32.0. The molecule has 2 aliphatic carbocycles. The third-order valence-electron chi connectivity index (χ3n) is 11.4. The Morgan fingerprint density at radius 3 is 2.50 bits per heavy atom. The number of allylic oxidation sites excluding steroid dienone is 1. The van der Waals surface area contributed by atoms with Crippen molar-refractivity contribution in [2.75, 3.05) is 19.8 Å². The lowest BCUT2D eigenvalue weighted by Crippen LogP contribution is -2.57. The summed E-state index contributed by atoms with van der Waals surface area (Å²) in [5, 5.41) is 2.11. The van der Waals surface area contributed by atoms with Gasteiger partial charge in [-0.15, -0.1) is 6.58 Å². The third-order valence-corrected chi connectivity index (χ3v) is 13.2. The van der Waals surface area contributed by atoms with Gasteiger partial charge in [0.2, 0.25) is 21.8 Å². The zero-order chi connectivity index (χ0) is 39.2. The number of hydrogen-bond acceptors (Lipinski definition) is 10. The molecule has 1 saturated heterocycles. The Morgan fingerprint density at radius 1 is 1.09 bits per heavy atom. The number of fused-ring (bicyclic) bond motifs is 3. The number of benzene rings is 1. The van der Waals surface area contributed by atoms with Crippen molar-refractivity contribution >= 4 is 39.8 Å². The zero-order valence-corrected chi connectivity index (χ0v) is 32.8. The summed E-state index contributed by atoms with van der Waals surface area (Å²) in [5.74, 6) is -1.55. The van der Waals surface area contributed by atoms with E-state index in [0.29, 0.717) is 31.7 Å². The average molecular weight is 771 g/mol. The molecule has 3 aliphatic heterocycles. The van der Waals surface area contributed by atoms with Gasteiger partial charge in [-0.25, -0.2) is 18.0 Å². The Labute approximate surface area is 317 Å². The number of hydrogen-bond donors (Lipinski definition) is 2. The predicted octanol–water partition coefficient (Wildman–Crippen LogP) is 4.60. The Hall–Kier alpha value is -4.14. The van der Waals surface area contributed by atoms with Gasteiger partial charge in [-0.3, -0.25) is 24.0 Å². The first-order chi connectivity index (χ1) is 25.3. The molecule has 4 amide bonds. The summed E-state index contributed by atoms with van der Waals surface area (Å²) in [7, 11) is -3.88. The van der Waals surface area contributed by atoms with E-state index in [1.54, 1.807) is 31.7 Å². The molecule has 2 saturated carbocycles. The van der Waals surface area contributed by atoms with Crippen molar-refractivity contribution in [3.8, 4) is 5.75 Å². The molecule has 0 radical (unpaired) electrons. The number of Topliss-reactive ketones (excluding diaryl/α,β-unsaturated/α-hetero) is 1. The van der Waals surface area contributed by atoms with Gasteiger partial charge < -0.3 is 24.4 Å². The van der Waals surface area contributed by atoms with Crippen LogP contribution >= 0.6 is 0 Å². The van der Waals surface area contributed by atoms with Crippen LogP contribution in [0.1, 0.15) is 97.1 Å². The number of nitrogens with one attached hydrogen (secondary N) is 2. The number of amides is 4. The molecule has 1 aromatic carbocycles. The molecule has 4 bridgehead atoms. The largest absolute Gasteiger partial charge is 0.493 e. The highest BCUT2D eigenvalue weighted by molar-refractivity contribution is 7.90. The van der Waals surface area contributed by atoms with Crippen molar-refractivity contribution in [1.29, 1.82) is 0 Å². The Morgan fingerprint density at radius 2 is 1.83 bits per heavy atom. The second-order valence-electron chi connectivity index (χ2n) is 17.5. The lowest BCUT2D eigenvalue weighted by molar-refractivity contribution is -0.142. The van der Waals surface area contributed by atoms with Crippen LogP contribution in [0.25, 0.3) is 0 Å². The van der Waals surface area contributed by atoms with Crippen LogP contribution in [0.2, 0.25) is 0 Å². The number of carbonyl (C=O) groups excluding carboxylic acids is 5. The molecule has 3 fully saturated rings. The maximum atomic E-state index is 14.5. The molecule has 14 nitrogen and oxygen atoms in total. The van der Waals surface area contributed by atoms with Crippen molar-refractivity contribution < 1.29 is 46.6 Å². The van der Waals surface area contributed by atoms with Crippen LogP contribution in [0.3, 0.4) is 0 Å². The first-order valence-corrected chi connectivity index (χ1v) is 20.5. The number of nitrogens with zero attached hydrogens (tertiary/aromatic N) is 2. The van der Waals surface area contributed by atoms with Gasteiger partial charge in [-0.05, 0) is 66.9 Å². The Balaban J connectivity index is 1.28. The molecule has 3 heterocycles. The minimum Gasteiger partial charge on any atom is -0.493 e. The van der Waals surface area contributed by atoms with E-state index in [9.17, 15) is 32.4 Å². The highest BCUT2D eigenvalue weighted by Crippen LogP contribution is 2.57. The maximum Gasteiger partial charge on any atom is 0.410 e. The molecule has 1 unspecified atom stereocenters. The van der Waals surface area contributed by atoms with Crippen LogP contribution in [0, 0.1) is 22.2 Å². The fourth-order valence-corrected chi connectivity index (χ4v) is 9.19. The summed E-state index contributed by atoms with van der Waals surface area (Å²) in [6, 6.07) is 3.46. The van der Waals surface area contributed by atoms with E-state index in [0.717, 1.165) is 30.4 Å². The molecule has 54 heavy (non-hydrogen) atoms. The Kier molecular flexibility index (Phi) is 10.9. The predicted molar refractivity (Wildman–Crippen MR) is 197 cm³/mol. The summed E-state index contributed by atoms with van der Waals surface area (Å²) in [5.41, 5.74) is -0.679. The van der Waals surface area contributed by atoms with Crippen LogP contribution in [0.4, 0.5) is 9.59 Å². The summed E-state index contributed by atoms with van der Waals surface area (Å²) in [6.07, 6.45) is 2.40. The van der Waals surface area contributed by atoms with Crippen LogP contribution in [0.5, 0.6) is 5.75 Å². The molecule has 0 spiro atoms. The smallest absolute Gasteiger partial charge is 0.410 e. The van der Waals surface area contributed by atoms with Gasteiger partial charge >= 0.3 is 12.2 Å². The number of ketones is 1. The van der Waals surface area contributed by atoms with Crippen LogP contribution in [-0.4, -0.2) is 91.2 Å². The fraction of sp³-hybridized carbons (Fsp3) is 0.667. The average Bonchev–Trinajstić information content (AvgIpc) is 3.99. The van der Waals surface area contributed by atoms with Gasteiger partial charge in [0.05, 0.1) is 43.0 Å². The van der Waals surface area contributed by atoms with Gasteiger partial charge in [-0.1, -0.05) is 52.8 Å². The highest BCUT2D eigenvalue weighted by Gasteiger charge is 2.61. The quantitative estimate of drug-likeness (QED) is 0.373. The number of carbonyl (C=O) groups is 5. The van der Waals surface area contributed by atoms with Crippen molar-refractivity contribution in [2.45, 2.75) is 123 Å².